The molecule has 1 aliphatic heterocycles. The lowest BCUT2D eigenvalue weighted by Crippen LogP contribution is -2.38. The number of anilines is 1. The zero-order valence-corrected chi connectivity index (χ0v) is 18.8. The molecule has 2 amide bonds. The predicted molar refractivity (Wildman–Crippen MR) is 120 cm³/mol. The largest absolute Gasteiger partial charge is 0.390 e. The fourth-order valence-electron chi connectivity index (χ4n) is 3.82. The molecule has 3 aromatic rings. The van der Waals surface area contributed by atoms with Gasteiger partial charge in [0.2, 0.25) is 11.3 Å². The average molecular weight is 489 g/mol. The number of nitrogens with one attached hydrogen (secondary N) is 1. The van der Waals surface area contributed by atoms with Crippen LogP contribution in [0.5, 0.6) is 0 Å². The molecule has 3 aromatic heterocycles. The van der Waals surface area contributed by atoms with Crippen LogP contribution in [0, 0.1) is 17.6 Å². The van der Waals surface area contributed by atoms with E-state index in [4.69, 9.17) is 0 Å². The van der Waals surface area contributed by atoms with Crippen molar-refractivity contribution < 1.29 is 27.9 Å². The molecule has 0 aliphatic carbocycles. The molecule has 0 radical (unpaired) electrons. The van der Waals surface area contributed by atoms with Crippen molar-refractivity contribution in [2.24, 2.45) is 5.92 Å². The van der Waals surface area contributed by atoms with Crippen molar-refractivity contribution in [1.29, 1.82) is 0 Å². The highest BCUT2D eigenvalue weighted by Gasteiger charge is 2.37. The van der Waals surface area contributed by atoms with Crippen LogP contribution in [0.4, 0.5) is 19.0 Å². The first-order valence-electron chi connectivity index (χ1n) is 10.9. The summed E-state index contributed by atoms with van der Waals surface area (Å²) in [7, 11) is 0. The molecule has 0 saturated carbocycles. The highest BCUT2D eigenvalue weighted by Crippen LogP contribution is 2.26. The van der Waals surface area contributed by atoms with Gasteiger partial charge in [-0.2, -0.15) is 0 Å². The van der Waals surface area contributed by atoms with Crippen LogP contribution in [0.3, 0.4) is 0 Å². The second kappa shape index (κ2) is 9.45. The van der Waals surface area contributed by atoms with E-state index in [0.717, 1.165) is 17.0 Å². The average Bonchev–Trinajstić information content (AvgIpc) is 3.10. The van der Waals surface area contributed by atoms with Gasteiger partial charge in [0.1, 0.15) is 23.9 Å². The molecule has 35 heavy (non-hydrogen) atoms. The second-order valence-electron chi connectivity index (χ2n) is 8.28. The monoisotopic (exact) mass is 489 g/mol. The van der Waals surface area contributed by atoms with Crippen molar-refractivity contribution in [3.63, 3.8) is 0 Å². The van der Waals surface area contributed by atoms with Crippen molar-refractivity contribution in [3.8, 4) is 5.82 Å². The Labute approximate surface area is 197 Å². The third-order valence-corrected chi connectivity index (χ3v) is 5.99. The lowest BCUT2D eigenvalue weighted by molar-refractivity contribution is -0.121. The number of aromatic nitrogens is 3. The number of alkyl halides is 1. The van der Waals surface area contributed by atoms with Crippen molar-refractivity contribution >= 4 is 28.7 Å². The summed E-state index contributed by atoms with van der Waals surface area (Å²) >= 11 is 0. The predicted octanol–water partition coefficient (Wildman–Crippen LogP) is 1.88. The number of halogens is 3. The van der Waals surface area contributed by atoms with E-state index in [1.165, 1.54) is 17.0 Å². The molecule has 0 spiro atoms. The lowest BCUT2D eigenvalue weighted by Gasteiger charge is -2.18. The van der Waals surface area contributed by atoms with Crippen molar-refractivity contribution in [3.05, 3.63) is 58.0 Å². The van der Waals surface area contributed by atoms with Gasteiger partial charge in [0.05, 0.1) is 36.2 Å². The second-order valence-corrected chi connectivity index (χ2v) is 8.28. The molecule has 184 valence electrons. The van der Waals surface area contributed by atoms with Gasteiger partial charge in [-0.1, -0.05) is 13.8 Å². The fourth-order valence-corrected chi connectivity index (χ4v) is 3.82. The summed E-state index contributed by atoms with van der Waals surface area (Å²) in [5.41, 5.74) is -1.34. The van der Waals surface area contributed by atoms with Crippen LogP contribution in [0.15, 0.2) is 35.4 Å². The third-order valence-electron chi connectivity index (χ3n) is 5.99. The van der Waals surface area contributed by atoms with Crippen LogP contribution in [0.2, 0.25) is 0 Å². The summed E-state index contributed by atoms with van der Waals surface area (Å²) in [5, 5.41) is 12.3. The maximum Gasteiger partial charge on any atom is 0.257 e. The van der Waals surface area contributed by atoms with Crippen molar-refractivity contribution in [2.75, 3.05) is 18.1 Å². The molecule has 2 unspecified atom stereocenters. The Kier molecular flexibility index (Phi) is 6.57. The SMILES string of the molecule is CC[C@@H](CF)NC(=O)c1cn(-c2ncc(F)cc2F)c2nc(N3CC(O)C(C)C3=O)ccc2c1=O. The van der Waals surface area contributed by atoms with Gasteiger partial charge in [0.15, 0.2) is 17.3 Å². The van der Waals surface area contributed by atoms with Gasteiger partial charge in [-0.25, -0.2) is 23.1 Å². The van der Waals surface area contributed by atoms with Gasteiger partial charge in [-0.3, -0.25) is 23.9 Å². The molecule has 3 atom stereocenters. The van der Waals surface area contributed by atoms with E-state index in [2.05, 4.69) is 15.3 Å². The first kappa shape index (κ1) is 24.3. The third kappa shape index (κ3) is 4.36. The summed E-state index contributed by atoms with van der Waals surface area (Å²) < 4.78 is 42.4. The minimum Gasteiger partial charge on any atom is -0.390 e. The van der Waals surface area contributed by atoms with Crippen LogP contribution >= 0.6 is 0 Å². The number of pyridine rings is 3. The van der Waals surface area contributed by atoms with E-state index in [0.29, 0.717) is 6.07 Å². The number of hydrogen-bond donors (Lipinski definition) is 2. The van der Waals surface area contributed by atoms with Gasteiger partial charge >= 0.3 is 0 Å². The Balaban J connectivity index is 1.94. The summed E-state index contributed by atoms with van der Waals surface area (Å²) in [6, 6.07) is 2.42. The Hall–Kier alpha value is -3.80. The number of carbonyl (C=O) groups is 2. The minimum atomic E-state index is -1.09. The molecule has 9 nitrogen and oxygen atoms in total. The Bertz CT molecular complexity index is 1380. The number of carbonyl (C=O) groups excluding carboxylic acids is 2. The van der Waals surface area contributed by atoms with Crippen molar-refractivity contribution in [2.45, 2.75) is 32.4 Å². The van der Waals surface area contributed by atoms with Gasteiger partial charge in [-0.15, -0.1) is 0 Å². The summed E-state index contributed by atoms with van der Waals surface area (Å²) in [4.78, 5) is 47.8. The molecule has 12 heteroatoms. The number of aliphatic hydroxyl groups excluding tert-OH is 1. The molecule has 4 heterocycles. The normalized spacial score (nSPS) is 18.8. The number of aliphatic hydroxyl groups is 1. The number of nitrogens with zero attached hydrogens (tertiary/aromatic N) is 4. The van der Waals surface area contributed by atoms with Gasteiger partial charge in [-0.05, 0) is 18.6 Å². The lowest BCUT2D eigenvalue weighted by atomic mass is 10.1. The van der Waals surface area contributed by atoms with E-state index >= 15 is 0 Å². The van der Waals surface area contributed by atoms with Crippen LogP contribution in [-0.4, -0.2) is 56.8 Å². The van der Waals surface area contributed by atoms with Gasteiger partial charge < -0.3 is 10.4 Å². The minimum absolute atomic E-state index is 0.0337. The highest BCUT2D eigenvalue weighted by atomic mass is 19.1. The smallest absolute Gasteiger partial charge is 0.257 e. The molecule has 1 saturated heterocycles. The quantitative estimate of drug-likeness (QED) is 0.546. The number of amides is 2. The highest BCUT2D eigenvalue weighted by molar-refractivity contribution is 5.99. The van der Waals surface area contributed by atoms with Crippen molar-refractivity contribution in [1.82, 2.24) is 19.9 Å². The fraction of sp³-hybridized carbons (Fsp3) is 0.348. The summed E-state index contributed by atoms with van der Waals surface area (Å²) in [6.45, 7) is 2.34. The summed E-state index contributed by atoms with van der Waals surface area (Å²) in [6.07, 6.45) is 1.10. The summed E-state index contributed by atoms with van der Waals surface area (Å²) in [5.74, 6) is -4.34. The zero-order valence-electron chi connectivity index (χ0n) is 18.8. The maximum absolute atomic E-state index is 14.7. The first-order valence-corrected chi connectivity index (χ1v) is 10.9. The van der Waals surface area contributed by atoms with Gasteiger partial charge in [0, 0.05) is 12.3 Å². The Morgan fingerprint density at radius 1 is 1.31 bits per heavy atom. The molecule has 4 rings (SSSR count). The van der Waals surface area contributed by atoms with E-state index in [1.807, 2.05) is 0 Å². The number of hydrogen-bond acceptors (Lipinski definition) is 6. The first-order chi connectivity index (χ1) is 16.7. The van der Waals surface area contributed by atoms with Gasteiger partial charge in [0.25, 0.3) is 5.91 Å². The van der Waals surface area contributed by atoms with Crippen LogP contribution < -0.4 is 15.6 Å². The number of fused-ring (bicyclic) bond motifs is 1. The molecule has 1 fully saturated rings. The molecular weight excluding hydrogens is 467 g/mol. The van der Waals surface area contributed by atoms with Crippen LogP contribution in [0.25, 0.3) is 16.9 Å². The van der Waals surface area contributed by atoms with E-state index in [1.54, 1.807) is 13.8 Å². The Morgan fingerprint density at radius 2 is 2.06 bits per heavy atom. The van der Waals surface area contributed by atoms with Crippen LogP contribution in [0.1, 0.15) is 30.6 Å². The topological polar surface area (TPSA) is 117 Å². The number of rotatable bonds is 6. The number of β-amino-alcohol motifs (C(OH)–C–C–N with tert-alkyl or cyclic N) is 1. The van der Waals surface area contributed by atoms with Crippen LogP contribution in [-0.2, 0) is 4.79 Å². The molecular formula is C23H22F3N5O4. The molecule has 1 aliphatic rings. The zero-order chi connectivity index (χ0) is 25.4. The molecule has 2 N–H and O–H groups in total. The molecule has 0 aromatic carbocycles. The molecule has 0 bridgehead atoms. The van der Waals surface area contributed by atoms with E-state index < -0.39 is 65.0 Å². The standard InChI is InChI=1S/C23H22F3N5O4/c1-3-13(7-24)28-22(34)15-9-31(21-16(26)6-12(25)8-27-21)20-14(19(15)33)4-5-18(29-20)30-10-17(32)11(2)23(30)35/h4-6,8-9,11,13,17,32H,3,7,10H2,1-2H3,(H,28,34)/t11?,13-,17?/m0/s1. The van der Waals surface area contributed by atoms with E-state index in [9.17, 15) is 32.7 Å². The van der Waals surface area contributed by atoms with E-state index in [-0.39, 0.29) is 29.8 Å². The Morgan fingerprint density at radius 3 is 2.66 bits per heavy atom. The maximum atomic E-state index is 14.7.